The van der Waals surface area contributed by atoms with Gasteiger partial charge in [0.25, 0.3) is 0 Å². The first-order valence-corrected chi connectivity index (χ1v) is 8.83. The molecule has 2 N–H and O–H groups in total. The summed E-state index contributed by atoms with van der Waals surface area (Å²) in [5, 5.41) is 14.3. The highest BCUT2D eigenvalue weighted by Gasteiger charge is 2.21. The third kappa shape index (κ3) is 4.96. The van der Waals surface area contributed by atoms with E-state index in [0.717, 1.165) is 11.1 Å². The summed E-state index contributed by atoms with van der Waals surface area (Å²) in [5.74, 6) is -0.319. The van der Waals surface area contributed by atoms with Gasteiger partial charge in [-0.25, -0.2) is 4.39 Å². The summed E-state index contributed by atoms with van der Waals surface area (Å²) in [7, 11) is 0. The van der Waals surface area contributed by atoms with Crippen LogP contribution in [0.5, 0.6) is 5.75 Å². The van der Waals surface area contributed by atoms with Crippen LogP contribution in [0.25, 0.3) is 11.1 Å². The summed E-state index contributed by atoms with van der Waals surface area (Å²) in [6.07, 6.45) is 0. The van der Waals surface area contributed by atoms with Crippen molar-refractivity contribution >= 4 is 11.6 Å². The zero-order chi connectivity index (χ0) is 19.0. The van der Waals surface area contributed by atoms with E-state index >= 15 is 0 Å². The first-order chi connectivity index (χ1) is 11.4. The molecule has 0 amide bonds. The Bertz CT molecular complexity index is 773. The number of halogens is 2. The molecule has 2 rings (SSSR count). The molecule has 0 aromatic heterocycles. The van der Waals surface area contributed by atoms with Crippen molar-refractivity contribution in [1.29, 1.82) is 0 Å². The average Bonchev–Trinajstić information content (AvgIpc) is 2.47. The molecule has 0 saturated heterocycles. The van der Waals surface area contributed by atoms with Crippen LogP contribution in [0.2, 0.25) is 5.02 Å². The van der Waals surface area contributed by atoms with Crippen LogP contribution in [0.15, 0.2) is 30.3 Å². The molecule has 0 unspecified atom stereocenters. The van der Waals surface area contributed by atoms with E-state index in [9.17, 15) is 9.50 Å². The molecule has 0 aliphatic carbocycles. The maximum absolute atomic E-state index is 13.9. The first kappa shape index (κ1) is 19.7. The minimum absolute atomic E-state index is 0.0727. The molecule has 25 heavy (non-hydrogen) atoms. The molecule has 2 aromatic carbocycles. The molecule has 136 valence electrons. The monoisotopic (exact) mass is 363 g/mol. The van der Waals surface area contributed by atoms with Gasteiger partial charge in [-0.3, -0.25) is 0 Å². The molecule has 0 aliphatic heterocycles. The van der Waals surface area contributed by atoms with Gasteiger partial charge in [-0.1, -0.05) is 44.5 Å². The number of nitrogens with one attached hydrogen (secondary N) is 1. The third-order valence-corrected chi connectivity index (χ3v) is 4.40. The highest BCUT2D eigenvalue weighted by atomic mass is 35.5. The molecular formula is C21H27ClFNO. The second-order valence-electron chi connectivity index (χ2n) is 8.51. The van der Waals surface area contributed by atoms with E-state index in [0.29, 0.717) is 17.7 Å². The largest absolute Gasteiger partial charge is 0.507 e. The summed E-state index contributed by atoms with van der Waals surface area (Å²) < 4.78 is 13.9. The summed E-state index contributed by atoms with van der Waals surface area (Å²) >= 11 is 5.80. The van der Waals surface area contributed by atoms with E-state index < -0.39 is 5.82 Å². The quantitative estimate of drug-likeness (QED) is 0.697. The number of phenols is 1. The van der Waals surface area contributed by atoms with Gasteiger partial charge in [0.15, 0.2) is 0 Å². The second kappa shape index (κ2) is 6.97. The maximum Gasteiger partial charge on any atom is 0.142 e. The molecule has 2 nitrogen and oxygen atoms in total. The van der Waals surface area contributed by atoms with E-state index in [2.05, 4.69) is 46.9 Å². The Kier molecular flexibility index (Phi) is 5.50. The van der Waals surface area contributed by atoms with E-state index in [1.54, 1.807) is 6.07 Å². The lowest BCUT2D eigenvalue weighted by Crippen LogP contribution is -2.35. The standard InChI is InChI=1S/C21H27ClFNO/c1-20(2,3)15-9-14(12-24-21(4,5)6)19(25)16(11-15)13-7-8-17(22)18(23)10-13/h7-11,24-25H,12H2,1-6H3. The highest BCUT2D eigenvalue weighted by molar-refractivity contribution is 6.30. The van der Waals surface area contributed by atoms with Crippen LogP contribution in [0.4, 0.5) is 4.39 Å². The normalized spacial score (nSPS) is 12.5. The number of benzene rings is 2. The van der Waals surface area contributed by atoms with Crippen molar-refractivity contribution in [3.8, 4) is 16.9 Å². The van der Waals surface area contributed by atoms with Gasteiger partial charge < -0.3 is 10.4 Å². The molecule has 0 radical (unpaired) electrons. The number of phenolic OH excluding ortho intramolecular Hbond substituents is 1. The van der Waals surface area contributed by atoms with Crippen LogP contribution >= 0.6 is 11.6 Å². The summed E-state index contributed by atoms with van der Waals surface area (Å²) in [5.41, 5.74) is 2.95. The lowest BCUT2D eigenvalue weighted by molar-refractivity contribution is 0.411. The lowest BCUT2D eigenvalue weighted by atomic mass is 9.83. The smallest absolute Gasteiger partial charge is 0.142 e. The number of hydrogen-bond donors (Lipinski definition) is 2. The molecule has 0 fully saturated rings. The van der Waals surface area contributed by atoms with Crippen LogP contribution in [-0.2, 0) is 12.0 Å². The number of aromatic hydroxyl groups is 1. The molecule has 0 bridgehead atoms. The fraction of sp³-hybridized carbons (Fsp3) is 0.429. The molecule has 0 aliphatic rings. The molecule has 4 heteroatoms. The Hall–Kier alpha value is -1.58. The van der Waals surface area contributed by atoms with Gasteiger partial charge in [0, 0.05) is 23.2 Å². The van der Waals surface area contributed by atoms with Crippen molar-refractivity contribution in [2.75, 3.05) is 0 Å². The fourth-order valence-corrected chi connectivity index (χ4v) is 2.62. The summed E-state index contributed by atoms with van der Waals surface area (Å²) in [6.45, 7) is 13.1. The molecule has 2 aromatic rings. The van der Waals surface area contributed by atoms with Gasteiger partial charge in [0.1, 0.15) is 11.6 Å². The van der Waals surface area contributed by atoms with Gasteiger partial charge in [0.2, 0.25) is 0 Å². The Labute approximate surface area is 155 Å². The first-order valence-electron chi connectivity index (χ1n) is 8.45. The minimum atomic E-state index is -0.492. The van der Waals surface area contributed by atoms with Gasteiger partial charge >= 0.3 is 0 Å². The maximum atomic E-state index is 13.9. The SMILES string of the molecule is CC(C)(C)NCc1cc(C(C)(C)C)cc(-c2ccc(Cl)c(F)c2)c1O. The van der Waals surface area contributed by atoms with Crippen LogP contribution in [0.1, 0.15) is 52.7 Å². The van der Waals surface area contributed by atoms with Crippen molar-refractivity contribution in [2.24, 2.45) is 0 Å². The molecule has 0 saturated carbocycles. The van der Waals surface area contributed by atoms with Crippen LogP contribution in [0.3, 0.4) is 0 Å². The molecule has 0 heterocycles. The summed E-state index contributed by atoms with van der Waals surface area (Å²) in [6, 6.07) is 8.56. The Morgan fingerprint density at radius 3 is 2.20 bits per heavy atom. The van der Waals surface area contributed by atoms with Crippen molar-refractivity contribution < 1.29 is 9.50 Å². The predicted octanol–water partition coefficient (Wildman–Crippen LogP) is 6.04. The highest BCUT2D eigenvalue weighted by Crippen LogP contribution is 2.38. The van der Waals surface area contributed by atoms with E-state index in [1.807, 2.05) is 12.1 Å². The van der Waals surface area contributed by atoms with E-state index in [-0.39, 0.29) is 21.7 Å². The Morgan fingerprint density at radius 1 is 1.04 bits per heavy atom. The molecular weight excluding hydrogens is 337 g/mol. The number of rotatable bonds is 3. The topological polar surface area (TPSA) is 32.3 Å². The second-order valence-corrected chi connectivity index (χ2v) is 8.92. The zero-order valence-electron chi connectivity index (χ0n) is 15.8. The molecule has 0 spiro atoms. The van der Waals surface area contributed by atoms with Crippen molar-refractivity contribution in [2.45, 2.75) is 59.0 Å². The molecule has 0 atom stereocenters. The van der Waals surface area contributed by atoms with Crippen LogP contribution in [0, 0.1) is 5.82 Å². The lowest BCUT2D eigenvalue weighted by Gasteiger charge is -2.25. The summed E-state index contributed by atoms with van der Waals surface area (Å²) in [4.78, 5) is 0. The van der Waals surface area contributed by atoms with E-state index in [4.69, 9.17) is 11.6 Å². The van der Waals surface area contributed by atoms with Crippen LogP contribution < -0.4 is 5.32 Å². The van der Waals surface area contributed by atoms with Gasteiger partial charge in [-0.15, -0.1) is 0 Å². The van der Waals surface area contributed by atoms with Gasteiger partial charge in [-0.2, -0.15) is 0 Å². The minimum Gasteiger partial charge on any atom is -0.507 e. The van der Waals surface area contributed by atoms with Crippen molar-refractivity contribution in [3.05, 3.63) is 52.3 Å². The average molecular weight is 364 g/mol. The Balaban J connectivity index is 2.59. The van der Waals surface area contributed by atoms with Gasteiger partial charge in [0.05, 0.1) is 5.02 Å². The van der Waals surface area contributed by atoms with Gasteiger partial charge in [-0.05, 0) is 55.5 Å². The van der Waals surface area contributed by atoms with Crippen molar-refractivity contribution in [1.82, 2.24) is 5.32 Å². The predicted molar refractivity (Wildman–Crippen MR) is 104 cm³/mol. The third-order valence-electron chi connectivity index (χ3n) is 4.09. The van der Waals surface area contributed by atoms with Crippen molar-refractivity contribution in [3.63, 3.8) is 0 Å². The zero-order valence-corrected chi connectivity index (χ0v) is 16.6. The fourth-order valence-electron chi connectivity index (χ4n) is 2.51. The van der Waals surface area contributed by atoms with E-state index in [1.165, 1.54) is 12.1 Å². The Morgan fingerprint density at radius 2 is 1.68 bits per heavy atom. The number of hydrogen-bond acceptors (Lipinski definition) is 2. The van der Waals surface area contributed by atoms with Crippen LogP contribution in [-0.4, -0.2) is 10.6 Å².